The molecule has 52 heavy (non-hydrogen) atoms. The van der Waals surface area contributed by atoms with Gasteiger partial charge in [0, 0.05) is 49.0 Å². The SMILES string of the molecule is CC(C)N(C(=O)N1CCC[C@H]1c1nc(-c2ccc3cc(-c4ccc5[nH]c([C@@H]6CCCN6C(=O)N(C(C)C)C(C)C)nc5c4)ccc3c2)c[nH]1)C(C)C. The van der Waals surface area contributed by atoms with Crippen LogP contribution in [0, 0.1) is 0 Å². The molecule has 2 aliphatic heterocycles. The summed E-state index contributed by atoms with van der Waals surface area (Å²) in [6.45, 7) is 18.1. The van der Waals surface area contributed by atoms with E-state index in [1.807, 2.05) is 25.8 Å². The molecule has 0 unspecified atom stereocenters. The van der Waals surface area contributed by atoms with Crippen LogP contribution < -0.4 is 0 Å². The van der Waals surface area contributed by atoms with Crippen molar-refractivity contribution in [2.45, 2.75) is 117 Å². The van der Waals surface area contributed by atoms with E-state index in [0.29, 0.717) is 0 Å². The van der Waals surface area contributed by atoms with Crippen LogP contribution in [0.25, 0.3) is 44.2 Å². The number of nitrogens with one attached hydrogen (secondary N) is 2. The van der Waals surface area contributed by atoms with Gasteiger partial charge in [0.15, 0.2) is 0 Å². The summed E-state index contributed by atoms with van der Waals surface area (Å²) >= 11 is 0. The van der Waals surface area contributed by atoms with Crippen molar-refractivity contribution in [2.75, 3.05) is 13.1 Å². The van der Waals surface area contributed by atoms with E-state index in [9.17, 15) is 9.59 Å². The monoisotopic (exact) mass is 702 g/mol. The molecule has 0 spiro atoms. The van der Waals surface area contributed by atoms with Gasteiger partial charge in [-0.05, 0) is 127 Å². The summed E-state index contributed by atoms with van der Waals surface area (Å²) in [5.74, 6) is 1.71. The standard InChI is InChI=1S/C42H54N8O2/c1-25(2)49(26(3)4)41(51)47-19-9-11-37(47)39-43-24-36(46-39)33-16-15-29-21-30(13-14-31(29)22-33)32-17-18-34-35(23-32)45-40(44-34)38-12-10-20-48(38)42(52)50(27(5)6)28(7)8/h13-18,21-28,37-38H,9-12,19-20H2,1-8H3,(H,43,46)(H,44,45)/t37-,38-/m0/s1. The van der Waals surface area contributed by atoms with Crippen molar-refractivity contribution in [3.63, 3.8) is 0 Å². The molecular weight excluding hydrogens is 649 g/mol. The van der Waals surface area contributed by atoms with Crippen LogP contribution in [0.2, 0.25) is 0 Å². The highest BCUT2D eigenvalue weighted by Gasteiger charge is 2.37. The van der Waals surface area contributed by atoms with Gasteiger partial charge in [0.1, 0.15) is 11.6 Å². The molecule has 2 N–H and O–H groups in total. The molecule has 5 aromatic rings. The van der Waals surface area contributed by atoms with Crippen molar-refractivity contribution in [2.24, 2.45) is 0 Å². The van der Waals surface area contributed by atoms with Crippen LogP contribution in [0.4, 0.5) is 9.59 Å². The zero-order chi connectivity index (χ0) is 36.8. The van der Waals surface area contributed by atoms with Crippen molar-refractivity contribution < 1.29 is 9.59 Å². The minimum absolute atomic E-state index is 0.0492. The van der Waals surface area contributed by atoms with E-state index in [2.05, 4.69) is 120 Å². The van der Waals surface area contributed by atoms with Crippen molar-refractivity contribution >= 4 is 33.9 Å². The number of hydrogen-bond donors (Lipinski definition) is 2. The highest BCUT2D eigenvalue weighted by atomic mass is 16.2. The molecule has 4 heterocycles. The Morgan fingerprint density at radius 2 is 1.15 bits per heavy atom. The molecule has 7 rings (SSSR count). The molecule has 10 heteroatoms. The molecule has 10 nitrogen and oxygen atoms in total. The van der Waals surface area contributed by atoms with E-state index >= 15 is 0 Å². The highest BCUT2D eigenvalue weighted by Crippen LogP contribution is 2.36. The first-order valence-corrected chi connectivity index (χ1v) is 19.2. The molecule has 2 aliphatic rings. The lowest BCUT2D eigenvalue weighted by Crippen LogP contribution is -2.49. The van der Waals surface area contributed by atoms with Crippen LogP contribution in [0.5, 0.6) is 0 Å². The molecule has 2 atom stereocenters. The number of aromatic nitrogens is 4. The predicted octanol–water partition coefficient (Wildman–Crippen LogP) is 9.52. The van der Waals surface area contributed by atoms with Gasteiger partial charge in [0.05, 0.1) is 28.8 Å². The second-order valence-electron chi connectivity index (χ2n) is 15.8. The van der Waals surface area contributed by atoms with E-state index in [-0.39, 0.29) is 48.3 Å². The second kappa shape index (κ2) is 14.3. The molecule has 3 aromatic carbocycles. The topological polar surface area (TPSA) is 104 Å². The largest absolute Gasteiger partial charge is 0.346 e. The molecule has 0 aliphatic carbocycles. The molecule has 2 saturated heterocycles. The maximum Gasteiger partial charge on any atom is 0.321 e. The Labute approximate surface area is 307 Å². The number of hydrogen-bond acceptors (Lipinski definition) is 4. The first-order valence-electron chi connectivity index (χ1n) is 19.2. The summed E-state index contributed by atoms with van der Waals surface area (Å²) in [6, 6.07) is 20.0. The first kappa shape index (κ1) is 35.5. The molecule has 0 radical (unpaired) electrons. The Hall–Kier alpha value is -4.86. The number of likely N-dealkylation sites (tertiary alicyclic amines) is 2. The third kappa shape index (κ3) is 6.63. The fourth-order valence-corrected chi connectivity index (χ4v) is 8.54. The average molecular weight is 703 g/mol. The number of nitrogens with zero attached hydrogens (tertiary/aromatic N) is 6. The molecule has 274 valence electrons. The minimum Gasteiger partial charge on any atom is -0.346 e. The Bertz CT molecular complexity index is 2060. The summed E-state index contributed by atoms with van der Waals surface area (Å²) in [7, 11) is 0. The molecule has 0 saturated carbocycles. The summed E-state index contributed by atoms with van der Waals surface area (Å²) in [4.78, 5) is 52.1. The number of rotatable bonds is 8. The van der Waals surface area contributed by atoms with E-state index < -0.39 is 0 Å². The number of carbonyl (C=O) groups is 2. The highest BCUT2D eigenvalue weighted by molar-refractivity contribution is 5.92. The molecule has 4 amide bonds. The van der Waals surface area contributed by atoms with Crippen molar-refractivity contribution in [3.8, 4) is 22.4 Å². The average Bonchev–Trinajstić information content (AvgIpc) is 3.92. The quantitative estimate of drug-likeness (QED) is 0.168. The number of aromatic amines is 2. The van der Waals surface area contributed by atoms with E-state index in [1.54, 1.807) is 0 Å². The van der Waals surface area contributed by atoms with E-state index in [0.717, 1.165) is 94.6 Å². The summed E-state index contributed by atoms with van der Waals surface area (Å²) in [6.07, 6.45) is 5.72. The van der Waals surface area contributed by atoms with Gasteiger partial charge in [0.25, 0.3) is 0 Å². The molecule has 2 fully saturated rings. The van der Waals surface area contributed by atoms with Gasteiger partial charge in [-0.25, -0.2) is 19.6 Å². The number of H-pyrrole nitrogens is 2. The van der Waals surface area contributed by atoms with Crippen molar-refractivity contribution in [1.29, 1.82) is 0 Å². The minimum atomic E-state index is -0.0523. The van der Waals surface area contributed by atoms with Gasteiger partial charge in [0.2, 0.25) is 0 Å². The van der Waals surface area contributed by atoms with Gasteiger partial charge >= 0.3 is 12.1 Å². The normalized spacial score (nSPS) is 17.9. The Kier molecular flexibility index (Phi) is 9.76. The number of carbonyl (C=O) groups excluding carboxylic acids is 2. The van der Waals surface area contributed by atoms with E-state index in [4.69, 9.17) is 9.97 Å². The molecule has 2 aromatic heterocycles. The van der Waals surface area contributed by atoms with Crippen LogP contribution >= 0.6 is 0 Å². The Balaban J connectivity index is 1.09. The van der Waals surface area contributed by atoms with Crippen molar-refractivity contribution in [3.05, 3.63) is 72.4 Å². The van der Waals surface area contributed by atoms with Crippen LogP contribution in [0.1, 0.15) is 105 Å². The molecular formula is C42H54N8O2. The van der Waals surface area contributed by atoms with Gasteiger partial charge in [-0.15, -0.1) is 0 Å². The predicted molar refractivity (Wildman–Crippen MR) is 209 cm³/mol. The van der Waals surface area contributed by atoms with Crippen molar-refractivity contribution in [1.82, 2.24) is 39.5 Å². The third-order valence-electron chi connectivity index (χ3n) is 10.9. The maximum absolute atomic E-state index is 13.6. The smallest absolute Gasteiger partial charge is 0.321 e. The number of imidazole rings is 2. The lowest BCUT2D eigenvalue weighted by Gasteiger charge is -2.36. The number of amides is 4. The van der Waals surface area contributed by atoms with Gasteiger partial charge in [-0.3, -0.25) is 0 Å². The van der Waals surface area contributed by atoms with E-state index in [1.165, 1.54) is 0 Å². The third-order valence-corrected chi connectivity index (χ3v) is 10.9. The van der Waals surface area contributed by atoms with Crippen LogP contribution in [-0.4, -0.2) is 88.9 Å². The zero-order valence-corrected chi connectivity index (χ0v) is 32.0. The van der Waals surface area contributed by atoms with Crippen LogP contribution in [-0.2, 0) is 0 Å². The van der Waals surface area contributed by atoms with Gasteiger partial charge < -0.3 is 29.6 Å². The maximum atomic E-state index is 13.6. The summed E-state index contributed by atoms with van der Waals surface area (Å²) in [5, 5.41) is 2.29. The number of fused-ring (bicyclic) bond motifs is 2. The lowest BCUT2D eigenvalue weighted by atomic mass is 9.99. The fourth-order valence-electron chi connectivity index (χ4n) is 8.54. The van der Waals surface area contributed by atoms with Crippen LogP contribution in [0.15, 0.2) is 60.8 Å². The van der Waals surface area contributed by atoms with Crippen LogP contribution in [0.3, 0.4) is 0 Å². The lowest BCUT2D eigenvalue weighted by molar-refractivity contribution is 0.118. The Morgan fingerprint density at radius 3 is 1.73 bits per heavy atom. The summed E-state index contributed by atoms with van der Waals surface area (Å²) in [5.41, 5.74) is 6.03. The molecule has 0 bridgehead atoms. The zero-order valence-electron chi connectivity index (χ0n) is 32.0. The summed E-state index contributed by atoms with van der Waals surface area (Å²) < 4.78 is 0. The number of urea groups is 2. The van der Waals surface area contributed by atoms with Gasteiger partial charge in [-0.1, -0.05) is 30.3 Å². The number of benzene rings is 3. The van der Waals surface area contributed by atoms with Gasteiger partial charge in [-0.2, -0.15) is 0 Å². The Morgan fingerprint density at radius 1 is 0.654 bits per heavy atom. The second-order valence-corrected chi connectivity index (χ2v) is 15.8. The first-order chi connectivity index (χ1) is 24.9. The fraction of sp³-hybridized carbons (Fsp3) is 0.476.